The molecule has 0 atom stereocenters. The number of anilines is 1. The van der Waals surface area contributed by atoms with Crippen molar-refractivity contribution < 1.29 is 18.0 Å². The standard InChI is InChI=1S/C23H19N5O5S/c1-12(2)28-23(31)14-7-4-3-6-13(14)20(26-28)22(30)25-27-34(32,33)18-11-10-17-19-15(18)8-5-9-16(19)21(29)24-17/h3-12,27H,1-2H3,(H,24,29)(H,25,30). The molecule has 0 unspecified atom stereocenters. The maximum Gasteiger partial charge on any atom is 0.287 e. The Labute approximate surface area is 193 Å². The summed E-state index contributed by atoms with van der Waals surface area (Å²) in [5.41, 5.74) is 2.65. The maximum absolute atomic E-state index is 13.1. The molecule has 1 aliphatic rings. The van der Waals surface area contributed by atoms with Crippen LogP contribution in [0.4, 0.5) is 5.69 Å². The van der Waals surface area contributed by atoms with E-state index >= 15 is 0 Å². The summed E-state index contributed by atoms with van der Waals surface area (Å²) in [6.07, 6.45) is 0. The van der Waals surface area contributed by atoms with Gasteiger partial charge < -0.3 is 5.32 Å². The molecule has 1 aliphatic heterocycles. The first-order valence-electron chi connectivity index (χ1n) is 10.4. The van der Waals surface area contributed by atoms with Crippen LogP contribution < -0.4 is 21.1 Å². The molecule has 0 aliphatic carbocycles. The van der Waals surface area contributed by atoms with Crippen LogP contribution in [0, 0.1) is 0 Å². The van der Waals surface area contributed by atoms with E-state index in [1.54, 1.807) is 56.3 Å². The Hall–Kier alpha value is -4.09. The number of fused-ring (bicyclic) bond motifs is 1. The van der Waals surface area contributed by atoms with Gasteiger partial charge in [0.05, 0.1) is 16.3 Å². The molecule has 4 aromatic rings. The van der Waals surface area contributed by atoms with Crippen molar-refractivity contribution >= 4 is 49.1 Å². The quantitative estimate of drug-likeness (QED) is 0.377. The third kappa shape index (κ3) is 3.33. The predicted octanol–water partition coefficient (Wildman–Crippen LogP) is 2.32. The van der Waals surface area contributed by atoms with E-state index in [4.69, 9.17) is 0 Å². The van der Waals surface area contributed by atoms with Gasteiger partial charge in [-0.25, -0.2) is 13.1 Å². The molecule has 0 spiro atoms. The van der Waals surface area contributed by atoms with E-state index < -0.39 is 15.9 Å². The van der Waals surface area contributed by atoms with Gasteiger partial charge in [-0.1, -0.05) is 30.3 Å². The number of hydrogen-bond acceptors (Lipinski definition) is 6. The lowest BCUT2D eigenvalue weighted by Crippen LogP contribution is -2.42. The minimum absolute atomic E-state index is 0.0956. The van der Waals surface area contributed by atoms with Crippen LogP contribution >= 0.6 is 0 Å². The second kappa shape index (κ2) is 7.75. The molecular formula is C23H19N5O5S. The molecule has 34 heavy (non-hydrogen) atoms. The van der Waals surface area contributed by atoms with Gasteiger partial charge in [-0.15, -0.1) is 4.83 Å². The highest BCUT2D eigenvalue weighted by atomic mass is 32.2. The summed E-state index contributed by atoms with van der Waals surface area (Å²) >= 11 is 0. The summed E-state index contributed by atoms with van der Waals surface area (Å²) in [7, 11) is -4.22. The summed E-state index contributed by atoms with van der Waals surface area (Å²) in [4.78, 5) is 39.8. The normalized spacial score (nSPS) is 13.0. The van der Waals surface area contributed by atoms with Crippen molar-refractivity contribution in [1.82, 2.24) is 20.0 Å². The van der Waals surface area contributed by atoms with E-state index in [2.05, 4.69) is 20.7 Å². The zero-order valence-corrected chi connectivity index (χ0v) is 18.9. The molecule has 0 fully saturated rings. The van der Waals surface area contributed by atoms with E-state index in [0.29, 0.717) is 32.8 Å². The largest absolute Gasteiger partial charge is 0.321 e. The van der Waals surface area contributed by atoms with Crippen molar-refractivity contribution in [2.24, 2.45) is 0 Å². The smallest absolute Gasteiger partial charge is 0.287 e. The molecule has 0 radical (unpaired) electrons. The first kappa shape index (κ1) is 21.7. The molecule has 0 saturated carbocycles. The fourth-order valence-corrected chi connectivity index (χ4v) is 5.09. The number of hydrogen-bond donors (Lipinski definition) is 3. The SMILES string of the molecule is CC(C)n1nc(C(=O)NNS(=O)(=O)c2ccc3c4c(cccc24)C(=O)N3)c2ccccc2c1=O. The molecule has 0 bridgehead atoms. The van der Waals surface area contributed by atoms with Crippen LogP contribution in [0.2, 0.25) is 0 Å². The summed E-state index contributed by atoms with van der Waals surface area (Å²) in [6.45, 7) is 3.51. The number of rotatable bonds is 5. The van der Waals surface area contributed by atoms with E-state index in [9.17, 15) is 22.8 Å². The predicted molar refractivity (Wildman–Crippen MR) is 126 cm³/mol. The molecule has 0 saturated heterocycles. The highest BCUT2D eigenvalue weighted by molar-refractivity contribution is 7.89. The van der Waals surface area contributed by atoms with Crippen LogP contribution in [0.15, 0.2) is 64.3 Å². The molecule has 3 N–H and O–H groups in total. The maximum atomic E-state index is 13.1. The fourth-order valence-electron chi connectivity index (χ4n) is 4.05. The van der Waals surface area contributed by atoms with Crippen LogP contribution in [0.25, 0.3) is 21.5 Å². The molecule has 2 heterocycles. The third-order valence-electron chi connectivity index (χ3n) is 5.61. The van der Waals surface area contributed by atoms with E-state index in [1.165, 1.54) is 16.8 Å². The van der Waals surface area contributed by atoms with Gasteiger partial charge in [-0.2, -0.15) is 5.10 Å². The third-order valence-corrected chi connectivity index (χ3v) is 6.92. The average Bonchev–Trinajstić information content (AvgIpc) is 3.15. The van der Waals surface area contributed by atoms with Gasteiger partial charge in [0.15, 0.2) is 5.69 Å². The zero-order chi connectivity index (χ0) is 24.2. The second-order valence-electron chi connectivity index (χ2n) is 8.09. The number of sulfonamides is 1. The first-order valence-corrected chi connectivity index (χ1v) is 11.9. The van der Waals surface area contributed by atoms with Crippen LogP contribution in [0.1, 0.15) is 40.7 Å². The van der Waals surface area contributed by atoms with Crippen molar-refractivity contribution in [2.75, 3.05) is 5.32 Å². The molecule has 2 amide bonds. The lowest BCUT2D eigenvalue weighted by molar-refractivity contribution is 0.0938. The lowest BCUT2D eigenvalue weighted by atomic mass is 10.1. The van der Waals surface area contributed by atoms with Crippen LogP contribution in [0.3, 0.4) is 0 Å². The van der Waals surface area contributed by atoms with Crippen molar-refractivity contribution in [3.8, 4) is 0 Å². The Morgan fingerprint density at radius 1 is 0.971 bits per heavy atom. The van der Waals surface area contributed by atoms with Gasteiger partial charge in [0, 0.05) is 27.4 Å². The highest BCUT2D eigenvalue weighted by Crippen LogP contribution is 2.36. The molecule has 172 valence electrons. The summed E-state index contributed by atoms with van der Waals surface area (Å²) < 4.78 is 27.4. The van der Waals surface area contributed by atoms with Crippen LogP contribution in [0.5, 0.6) is 0 Å². The number of nitrogens with zero attached hydrogens (tertiary/aromatic N) is 2. The highest BCUT2D eigenvalue weighted by Gasteiger charge is 2.27. The number of carbonyl (C=O) groups is 2. The first-order chi connectivity index (χ1) is 16.2. The Morgan fingerprint density at radius 3 is 2.41 bits per heavy atom. The van der Waals surface area contributed by atoms with Gasteiger partial charge in [0.1, 0.15) is 0 Å². The molecule has 3 aromatic carbocycles. The number of aromatic nitrogens is 2. The fraction of sp³-hybridized carbons (Fsp3) is 0.130. The number of benzene rings is 3. The van der Waals surface area contributed by atoms with Crippen molar-refractivity contribution in [2.45, 2.75) is 24.8 Å². The van der Waals surface area contributed by atoms with Gasteiger partial charge in [-0.05, 0) is 38.1 Å². The minimum Gasteiger partial charge on any atom is -0.321 e. The summed E-state index contributed by atoms with van der Waals surface area (Å²) in [5, 5.41) is 8.31. The topological polar surface area (TPSA) is 139 Å². The monoisotopic (exact) mass is 477 g/mol. The van der Waals surface area contributed by atoms with Crippen molar-refractivity contribution in [1.29, 1.82) is 0 Å². The Balaban J connectivity index is 1.51. The second-order valence-corrected chi connectivity index (χ2v) is 9.74. The van der Waals surface area contributed by atoms with Crippen molar-refractivity contribution in [3.05, 3.63) is 76.2 Å². The summed E-state index contributed by atoms with van der Waals surface area (Å²) in [6, 6.07) is 13.8. The van der Waals surface area contributed by atoms with E-state index in [-0.39, 0.29) is 28.1 Å². The lowest BCUT2D eigenvalue weighted by Gasteiger charge is -2.14. The molecule has 10 nitrogen and oxygen atoms in total. The Morgan fingerprint density at radius 2 is 1.68 bits per heavy atom. The average molecular weight is 478 g/mol. The molecule has 1 aromatic heterocycles. The summed E-state index contributed by atoms with van der Waals surface area (Å²) in [5.74, 6) is -1.13. The van der Waals surface area contributed by atoms with Gasteiger partial charge in [-0.3, -0.25) is 19.8 Å². The molecular weight excluding hydrogens is 458 g/mol. The molecule has 5 rings (SSSR count). The van der Waals surface area contributed by atoms with Gasteiger partial charge in [0.25, 0.3) is 27.4 Å². The van der Waals surface area contributed by atoms with E-state index in [0.717, 1.165) is 0 Å². The van der Waals surface area contributed by atoms with Gasteiger partial charge in [0.2, 0.25) is 0 Å². The van der Waals surface area contributed by atoms with Crippen LogP contribution in [-0.2, 0) is 10.0 Å². The van der Waals surface area contributed by atoms with Crippen LogP contribution in [-0.4, -0.2) is 30.0 Å². The van der Waals surface area contributed by atoms with Crippen molar-refractivity contribution in [3.63, 3.8) is 0 Å². The zero-order valence-electron chi connectivity index (χ0n) is 18.1. The number of nitrogens with one attached hydrogen (secondary N) is 3. The Bertz CT molecular complexity index is 1690. The van der Waals surface area contributed by atoms with E-state index in [1.807, 2.05) is 0 Å². The van der Waals surface area contributed by atoms with Gasteiger partial charge >= 0.3 is 0 Å². The number of amides is 2. The minimum atomic E-state index is -4.22. The number of carbonyl (C=O) groups excluding carboxylic acids is 2. The Kier molecular flexibility index (Phi) is 4.95. The number of hydrazine groups is 1. The molecule has 11 heteroatoms.